The normalized spacial score (nSPS) is 14.5. The van der Waals surface area contributed by atoms with Gasteiger partial charge in [-0.1, -0.05) is 51.1 Å². The number of anilines is 2. The predicted molar refractivity (Wildman–Crippen MR) is 106 cm³/mol. The van der Waals surface area contributed by atoms with Gasteiger partial charge in [0.15, 0.2) is 0 Å². The van der Waals surface area contributed by atoms with Crippen LogP contribution in [0.25, 0.3) is 0 Å². The number of fused-ring (bicyclic) bond motifs is 1. The number of benzene rings is 2. The predicted octanol–water partition coefficient (Wildman–Crippen LogP) is 4.07. The van der Waals surface area contributed by atoms with Crippen LogP contribution >= 0.6 is 0 Å². The Morgan fingerprint density at radius 2 is 1.78 bits per heavy atom. The molecule has 0 spiro atoms. The molecule has 0 fully saturated rings. The van der Waals surface area contributed by atoms with Crippen molar-refractivity contribution in [2.75, 3.05) is 10.2 Å². The zero-order valence-corrected chi connectivity index (χ0v) is 16.1. The summed E-state index contributed by atoms with van der Waals surface area (Å²) in [7, 11) is 0. The fourth-order valence-corrected chi connectivity index (χ4v) is 3.60. The Morgan fingerprint density at radius 1 is 1.07 bits per heavy atom. The molecule has 2 aromatic carbocycles. The van der Waals surface area contributed by atoms with Crippen LogP contribution in [0.3, 0.4) is 0 Å². The topological polar surface area (TPSA) is 66.5 Å². The lowest BCUT2D eigenvalue weighted by Gasteiger charge is -2.27. The maximum Gasteiger partial charge on any atom is 0.300 e. The minimum atomic E-state index is -0.746. The molecule has 1 atom stereocenters. The van der Waals surface area contributed by atoms with Gasteiger partial charge in [0.1, 0.15) is 6.04 Å². The number of amides is 2. The number of carbonyl (C=O) groups is 3. The fourth-order valence-electron chi connectivity index (χ4n) is 3.60. The molecule has 1 aliphatic heterocycles. The Labute approximate surface area is 159 Å². The Hall–Kier alpha value is -2.95. The van der Waals surface area contributed by atoms with E-state index in [9.17, 15) is 14.4 Å². The molecular weight excluding hydrogens is 340 g/mol. The maximum absolute atomic E-state index is 13.1. The first-order valence-electron chi connectivity index (χ1n) is 9.24. The van der Waals surface area contributed by atoms with Crippen molar-refractivity contribution in [3.05, 3.63) is 59.2 Å². The van der Waals surface area contributed by atoms with Crippen molar-refractivity contribution < 1.29 is 14.4 Å². The van der Waals surface area contributed by atoms with E-state index in [2.05, 4.69) is 19.2 Å². The van der Waals surface area contributed by atoms with E-state index in [1.807, 2.05) is 44.2 Å². The second-order valence-electron chi connectivity index (χ2n) is 7.13. The third-order valence-corrected chi connectivity index (χ3v) is 4.98. The molecule has 1 N–H and O–H groups in total. The lowest BCUT2D eigenvalue weighted by atomic mass is 10.0. The number of hydrogen-bond acceptors (Lipinski definition) is 3. The van der Waals surface area contributed by atoms with Crippen molar-refractivity contribution in [1.82, 2.24) is 0 Å². The van der Waals surface area contributed by atoms with Gasteiger partial charge >= 0.3 is 0 Å². The number of nitrogens with zero attached hydrogens (tertiary/aromatic N) is 1. The maximum atomic E-state index is 13.1. The van der Waals surface area contributed by atoms with E-state index in [4.69, 9.17) is 0 Å². The van der Waals surface area contributed by atoms with Gasteiger partial charge in [-0.25, -0.2) is 0 Å². The van der Waals surface area contributed by atoms with Gasteiger partial charge in [0.05, 0.1) is 11.3 Å². The van der Waals surface area contributed by atoms with Gasteiger partial charge in [0.25, 0.3) is 11.7 Å². The summed E-state index contributed by atoms with van der Waals surface area (Å²) >= 11 is 0. The minimum absolute atomic E-state index is 0.250. The Bertz CT molecular complexity index is 918. The zero-order valence-electron chi connectivity index (χ0n) is 16.1. The second-order valence-corrected chi connectivity index (χ2v) is 7.13. The first kappa shape index (κ1) is 18.8. The van der Waals surface area contributed by atoms with E-state index in [0.717, 1.165) is 16.8 Å². The van der Waals surface area contributed by atoms with Crippen LogP contribution in [0, 0.1) is 6.92 Å². The molecule has 1 unspecified atom stereocenters. The van der Waals surface area contributed by atoms with Gasteiger partial charge in [0, 0.05) is 5.69 Å². The molecular formula is C22H24N2O3. The van der Waals surface area contributed by atoms with Crippen molar-refractivity contribution in [3.63, 3.8) is 0 Å². The van der Waals surface area contributed by atoms with Crippen molar-refractivity contribution >= 4 is 29.0 Å². The van der Waals surface area contributed by atoms with Gasteiger partial charge in [-0.2, -0.15) is 0 Å². The molecule has 140 valence electrons. The molecule has 3 rings (SSSR count). The highest BCUT2D eigenvalue weighted by atomic mass is 16.2. The smallest absolute Gasteiger partial charge is 0.300 e. The Kier molecular flexibility index (Phi) is 5.13. The van der Waals surface area contributed by atoms with Crippen molar-refractivity contribution in [1.29, 1.82) is 0 Å². The first-order valence-corrected chi connectivity index (χ1v) is 9.24. The SMILES string of the molecule is CCC(C(=O)Nc1ccccc1C(C)C)N1C(=O)C(=O)c2cccc(C)c21. The molecule has 0 radical (unpaired) electrons. The molecule has 5 nitrogen and oxygen atoms in total. The number of nitrogens with one attached hydrogen (secondary N) is 1. The number of hydrogen-bond donors (Lipinski definition) is 1. The number of para-hydroxylation sites is 2. The highest BCUT2D eigenvalue weighted by Crippen LogP contribution is 2.35. The van der Waals surface area contributed by atoms with Crippen LogP contribution in [0.5, 0.6) is 0 Å². The monoisotopic (exact) mass is 364 g/mol. The summed E-state index contributed by atoms with van der Waals surface area (Å²) < 4.78 is 0. The van der Waals surface area contributed by atoms with Gasteiger partial charge in [0.2, 0.25) is 5.91 Å². The van der Waals surface area contributed by atoms with E-state index in [-0.39, 0.29) is 11.8 Å². The lowest BCUT2D eigenvalue weighted by molar-refractivity contribution is -0.121. The van der Waals surface area contributed by atoms with Crippen molar-refractivity contribution in [3.8, 4) is 0 Å². The Balaban J connectivity index is 1.96. The average Bonchev–Trinajstić information content (AvgIpc) is 2.89. The van der Waals surface area contributed by atoms with Crippen LogP contribution in [0.2, 0.25) is 0 Å². The number of ketones is 1. The van der Waals surface area contributed by atoms with Crippen LogP contribution < -0.4 is 10.2 Å². The molecule has 5 heteroatoms. The second kappa shape index (κ2) is 7.35. The largest absolute Gasteiger partial charge is 0.324 e. The highest BCUT2D eigenvalue weighted by molar-refractivity contribution is 6.53. The molecule has 0 aliphatic carbocycles. The molecule has 0 bridgehead atoms. The van der Waals surface area contributed by atoms with Crippen molar-refractivity contribution in [2.24, 2.45) is 0 Å². The van der Waals surface area contributed by atoms with Crippen LogP contribution in [-0.2, 0) is 9.59 Å². The first-order chi connectivity index (χ1) is 12.9. The number of aryl methyl sites for hydroxylation is 1. The van der Waals surface area contributed by atoms with Crippen LogP contribution in [0.1, 0.15) is 54.6 Å². The zero-order chi connectivity index (χ0) is 19.7. The summed E-state index contributed by atoms with van der Waals surface area (Å²) in [5.74, 6) is -1.23. The minimum Gasteiger partial charge on any atom is -0.324 e. The summed E-state index contributed by atoms with van der Waals surface area (Å²) in [5.41, 5.74) is 3.49. The van der Waals surface area contributed by atoms with Gasteiger partial charge in [-0.05, 0) is 42.5 Å². The standard InChI is InChI=1S/C22H24N2O3/c1-5-18(21(26)23-17-12-7-6-10-15(17)13(2)3)24-19-14(4)9-8-11-16(19)20(25)22(24)27/h6-13,18H,5H2,1-4H3,(H,23,26). The molecule has 27 heavy (non-hydrogen) atoms. The van der Waals surface area contributed by atoms with Gasteiger partial charge in [-0.15, -0.1) is 0 Å². The molecule has 0 saturated heterocycles. The molecule has 2 amide bonds. The summed E-state index contributed by atoms with van der Waals surface area (Å²) in [6, 6.07) is 12.1. The number of rotatable bonds is 5. The molecule has 2 aromatic rings. The Morgan fingerprint density at radius 3 is 2.44 bits per heavy atom. The van der Waals surface area contributed by atoms with E-state index < -0.39 is 17.7 Å². The summed E-state index contributed by atoms with van der Waals surface area (Å²) in [4.78, 5) is 39.4. The van der Waals surface area contributed by atoms with Crippen LogP contribution in [0.4, 0.5) is 11.4 Å². The summed E-state index contributed by atoms with van der Waals surface area (Å²) in [6.45, 7) is 7.80. The third kappa shape index (κ3) is 3.25. The van der Waals surface area contributed by atoms with E-state index in [0.29, 0.717) is 17.7 Å². The quantitative estimate of drug-likeness (QED) is 0.814. The fraction of sp³-hybridized carbons (Fsp3) is 0.318. The highest BCUT2D eigenvalue weighted by Gasteiger charge is 2.42. The number of carbonyl (C=O) groups excluding carboxylic acids is 3. The van der Waals surface area contributed by atoms with E-state index in [1.165, 1.54) is 4.90 Å². The summed E-state index contributed by atoms with van der Waals surface area (Å²) in [6.07, 6.45) is 0.405. The van der Waals surface area contributed by atoms with E-state index in [1.54, 1.807) is 12.1 Å². The molecule has 1 heterocycles. The van der Waals surface area contributed by atoms with E-state index >= 15 is 0 Å². The number of Topliss-reactive ketones (excluding diaryl/α,β-unsaturated/α-hetero) is 1. The third-order valence-electron chi connectivity index (χ3n) is 4.98. The van der Waals surface area contributed by atoms with Gasteiger partial charge in [-0.3, -0.25) is 19.3 Å². The average molecular weight is 364 g/mol. The molecule has 0 aromatic heterocycles. The van der Waals surface area contributed by atoms with Gasteiger partial charge < -0.3 is 5.32 Å². The molecule has 0 saturated carbocycles. The molecule has 1 aliphatic rings. The van der Waals surface area contributed by atoms with Crippen LogP contribution in [-0.4, -0.2) is 23.6 Å². The van der Waals surface area contributed by atoms with Crippen molar-refractivity contribution in [2.45, 2.75) is 46.1 Å². The summed E-state index contributed by atoms with van der Waals surface area (Å²) in [5, 5.41) is 2.96. The van der Waals surface area contributed by atoms with Crippen LogP contribution in [0.15, 0.2) is 42.5 Å². The lowest BCUT2D eigenvalue weighted by Crippen LogP contribution is -2.47.